The Kier molecular flexibility index (Phi) is 6.96. The van der Waals surface area contributed by atoms with Crippen LogP contribution in [0, 0.1) is 12.7 Å². The van der Waals surface area contributed by atoms with E-state index in [9.17, 15) is 18.8 Å². The van der Waals surface area contributed by atoms with Crippen molar-refractivity contribution in [2.45, 2.75) is 33.1 Å². The highest BCUT2D eigenvalue weighted by atomic mass is 19.1. The first kappa shape index (κ1) is 23.4. The van der Waals surface area contributed by atoms with Gasteiger partial charge >= 0.3 is 0 Å². The lowest BCUT2D eigenvalue weighted by atomic mass is 9.87. The number of aryl methyl sites for hydroxylation is 1. The standard InChI is InChI=1S/C25H30FN3O3/c1-17-5-6-19(15-21(17)26)24(32)29-13-11-28(12-14-29)22(30)16-27-23(31)18-7-9-20(10-8-18)25(2,3)4/h5-10,15H,11-14,16H2,1-4H3,(H,27,31). The van der Waals surface area contributed by atoms with E-state index in [4.69, 9.17) is 0 Å². The Morgan fingerprint density at radius 3 is 2.03 bits per heavy atom. The SMILES string of the molecule is Cc1ccc(C(=O)N2CCN(C(=O)CNC(=O)c3ccc(C(C)(C)C)cc3)CC2)cc1F. The number of carbonyl (C=O) groups is 3. The van der Waals surface area contributed by atoms with Crippen LogP contribution < -0.4 is 5.32 Å². The molecule has 6 nitrogen and oxygen atoms in total. The molecule has 7 heteroatoms. The second-order valence-corrected chi connectivity index (χ2v) is 9.15. The minimum absolute atomic E-state index is 0.00210. The molecule has 0 unspecified atom stereocenters. The lowest BCUT2D eigenvalue weighted by Gasteiger charge is -2.35. The molecule has 1 saturated heterocycles. The summed E-state index contributed by atoms with van der Waals surface area (Å²) in [7, 11) is 0. The third-order valence-corrected chi connectivity index (χ3v) is 5.75. The monoisotopic (exact) mass is 439 g/mol. The largest absolute Gasteiger partial charge is 0.343 e. The maximum absolute atomic E-state index is 13.8. The van der Waals surface area contributed by atoms with E-state index >= 15 is 0 Å². The molecule has 0 saturated carbocycles. The van der Waals surface area contributed by atoms with Gasteiger partial charge < -0.3 is 15.1 Å². The van der Waals surface area contributed by atoms with Gasteiger partial charge in [0, 0.05) is 37.3 Å². The number of nitrogens with zero attached hydrogens (tertiary/aromatic N) is 2. The van der Waals surface area contributed by atoms with Crippen LogP contribution in [0.5, 0.6) is 0 Å². The van der Waals surface area contributed by atoms with Gasteiger partial charge in [0.1, 0.15) is 5.82 Å². The topological polar surface area (TPSA) is 69.7 Å². The number of rotatable bonds is 4. The van der Waals surface area contributed by atoms with Gasteiger partial charge in [0.05, 0.1) is 6.54 Å². The zero-order chi connectivity index (χ0) is 23.5. The maximum atomic E-state index is 13.8. The van der Waals surface area contributed by atoms with Gasteiger partial charge in [-0.2, -0.15) is 0 Å². The van der Waals surface area contributed by atoms with E-state index < -0.39 is 5.82 Å². The molecule has 0 atom stereocenters. The minimum Gasteiger partial charge on any atom is -0.343 e. The normalized spacial score (nSPS) is 14.3. The number of amides is 3. The molecule has 0 spiro atoms. The fourth-order valence-corrected chi connectivity index (χ4v) is 3.56. The molecule has 1 N–H and O–H groups in total. The molecule has 2 aromatic carbocycles. The summed E-state index contributed by atoms with van der Waals surface area (Å²) in [5, 5.41) is 2.67. The minimum atomic E-state index is -0.409. The van der Waals surface area contributed by atoms with Crippen LogP contribution in [-0.2, 0) is 10.2 Å². The average Bonchev–Trinajstić information content (AvgIpc) is 2.78. The zero-order valence-electron chi connectivity index (χ0n) is 19.1. The van der Waals surface area contributed by atoms with Crippen LogP contribution in [0.2, 0.25) is 0 Å². The van der Waals surface area contributed by atoms with Crippen LogP contribution in [-0.4, -0.2) is 60.2 Å². The number of carbonyl (C=O) groups excluding carboxylic acids is 3. The second kappa shape index (κ2) is 9.51. The van der Waals surface area contributed by atoms with E-state index in [1.165, 1.54) is 6.07 Å². The van der Waals surface area contributed by atoms with E-state index in [1.807, 2.05) is 12.1 Å². The van der Waals surface area contributed by atoms with Gasteiger partial charge in [-0.05, 0) is 47.7 Å². The summed E-state index contributed by atoms with van der Waals surface area (Å²) in [6, 6.07) is 11.8. The summed E-state index contributed by atoms with van der Waals surface area (Å²) in [5.41, 5.74) is 2.43. The van der Waals surface area contributed by atoms with Crippen molar-refractivity contribution in [3.63, 3.8) is 0 Å². The number of nitrogens with one attached hydrogen (secondary N) is 1. The third kappa shape index (κ3) is 5.52. The molecule has 2 aromatic rings. The van der Waals surface area contributed by atoms with Crippen molar-refractivity contribution >= 4 is 17.7 Å². The third-order valence-electron chi connectivity index (χ3n) is 5.75. The Bertz CT molecular complexity index is 1000. The van der Waals surface area contributed by atoms with Gasteiger partial charge in [-0.3, -0.25) is 14.4 Å². The molecular weight excluding hydrogens is 409 g/mol. The molecule has 1 aliphatic heterocycles. The first-order valence-electron chi connectivity index (χ1n) is 10.8. The Hall–Kier alpha value is -3.22. The molecule has 0 aliphatic carbocycles. The van der Waals surface area contributed by atoms with Gasteiger partial charge in [-0.1, -0.05) is 39.0 Å². The molecule has 0 radical (unpaired) electrons. The van der Waals surface area contributed by atoms with E-state index in [0.717, 1.165) is 5.56 Å². The quantitative estimate of drug-likeness (QED) is 0.796. The van der Waals surface area contributed by atoms with Crippen molar-refractivity contribution in [2.75, 3.05) is 32.7 Å². The molecule has 3 rings (SSSR count). The lowest BCUT2D eigenvalue weighted by molar-refractivity contribution is -0.131. The summed E-state index contributed by atoms with van der Waals surface area (Å²) in [6.45, 7) is 9.33. The van der Waals surface area contributed by atoms with Crippen LogP contribution >= 0.6 is 0 Å². The summed E-state index contributed by atoms with van der Waals surface area (Å²) in [5.74, 6) is -1.15. The Labute approximate surface area is 188 Å². The van der Waals surface area contributed by atoms with Crippen LogP contribution in [0.25, 0.3) is 0 Å². The van der Waals surface area contributed by atoms with Gasteiger partial charge in [-0.25, -0.2) is 4.39 Å². The molecule has 170 valence electrons. The highest BCUT2D eigenvalue weighted by Crippen LogP contribution is 2.22. The summed E-state index contributed by atoms with van der Waals surface area (Å²) in [6.07, 6.45) is 0. The fraction of sp³-hybridized carbons (Fsp3) is 0.400. The predicted molar refractivity (Wildman–Crippen MR) is 121 cm³/mol. The smallest absolute Gasteiger partial charge is 0.254 e. The first-order valence-corrected chi connectivity index (χ1v) is 10.8. The highest BCUT2D eigenvalue weighted by molar-refractivity contribution is 5.97. The summed E-state index contributed by atoms with van der Waals surface area (Å²) in [4.78, 5) is 40.7. The van der Waals surface area contributed by atoms with Gasteiger partial charge in [0.15, 0.2) is 0 Å². The number of piperazine rings is 1. The van der Waals surface area contributed by atoms with Crippen molar-refractivity contribution in [1.82, 2.24) is 15.1 Å². The molecular formula is C25H30FN3O3. The molecule has 1 fully saturated rings. The van der Waals surface area contributed by atoms with Gasteiger partial charge in [-0.15, -0.1) is 0 Å². The predicted octanol–water partition coefficient (Wildman–Crippen LogP) is 3.15. The van der Waals surface area contributed by atoms with E-state index in [1.54, 1.807) is 41.0 Å². The Morgan fingerprint density at radius 2 is 1.47 bits per heavy atom. The van der Waals surface area contributed by atoms with Crippen molar-refractivity contribution in [2.24, 2.45) is 0 Å². The molecule has 1 heterocycles. The van der Waals surface area contributed by atoms with E-state index in [2.05, 4.69) is 26.1 Å². The van der Waals surface area contributed by atoms with Gasteiger partial charge in [0.25, 0.3) is 11.8 Å². The molecule has 0 aromatic heterocycles. The zero-order valence-corrected chi connectivity index (χ0v) is 19.1. The first-order chi connectivity index (χ1) is 15.1. The molecule has 0 bridgehead atoms. The van der Waals surface area contributed by atoms with Crippen molar-refractivity contribution in [3.05, 3.63) is 70.5 Å². The van der Waals surface area contributed by atoms with Crippen LogP contribution in [0.1, 0.15) is 52.6 Å². The van der Waals surface area contributed by atoms with Crippen molar-refractivity contribution < 1.29 is 18.8 Å². The Morgan fingerprint density at radius 1 is 0.906 bits per heavy atom. The molecule has 32 heavy (non-hydrogen) atoms. The second-order valence-electron chi connectivity index (χ2n) is 9.15. The van der Waals surface area contributed by atoms with Crippen LogP contribution in [0.15, 0.2) is 42.5 Å². The highest BCUT2D eigenvalue weighted by Gasteiger charge is 2.25. The van der Waals surface area contributed by atoms with E-state index in [-0.39, 0.29) is 29.7 Å². The number of benzene rings is 2. The van der Waals surface area contributed by atoms with Gasteiger partial charge in [0.2, 0.25) is 5.91 Å². The van der Waals surface area contributed by atoms with Crippen molar-refractivity contribution in [3.8, 4) is 0 Å². The molecule has 3 amide bonds. The average molecular weight is 440 g/mol. The Balaban J connectivity index is 1.48. The molecule has 1 aliphatic rings. The summed E-state index contributed by atoms with van der Waals surface area (Å²) < 4.78 is 13.8. The number of halogens is 1. The summed E-state index contributed by atoms with van der Waals surface area (Å²) >= 11 is 0. The van der Waals surface area contributed by atoms with Crippen molar-refractivity contribution in [1.29, 1.82) is 0 Å². The number of hydrogen-bond donors (Lipinski definition) is 1. The number of hydrogen-bond acceptors (Lipinski definition) is 3. The fourth-order valence-electron chi connectivity index (χ4n) is 3.56. The van der Waals surface area contributed by atoms with Crippen LogP contribution in [0.4, 0.5) is 4.39 Å². The van der Waals surface area contributed by atoms with Crippen LogP contribution in [0.3, 0.4) is 0 Å². The maximum Gasteiger partial charge on any atom is 0.254 e. The lowest BCUT2D eigenvalue weighted by Crippen LogP contribution is -2.52. The van der Waals surface area contributed by atoms with E-state index in [0.29, 0.717) is 42.9 Å².